The van der Waals surface area contributed by atoms with Gasteiger partial charge in [0.1, 0.15) is 5.82 Å². The molecule has 0 aliphatic carbocycles. The fourth-order valence-electron chi connectivity index (χ4n) is 2.83. The van der Waals surface area contributed by atoms with Gasteiger partial charge in [-0.2, -0.15) is 0 Å². The molecule has 0 bridgehead atoms. The van der Waals surface area contributed by atoms with Crippen molar-refractivity contribution < 1.29 is 0 Å². The molecule has 3 heteroatoms. The number of fused-ring (bicyclic) bond motifs is 1. The van der Waals surface area contributed by atoms with E-state index in [1.54, 1.807) is 0 Å². The highest BCUT2D eigenvalue weighted by Gasteiger charge is 2.12. The van der Waals surface area contributed by atoms with Crippen LogP contribution in [0.1, 0.15) is 11.4 Å². The zero-order chi connectivity index (χ0) is 14.7. The minimum Gasteiger partial charge on any atom is -0.338 e. The van der Waals surface area contributed by atoms with Crippen LogP contribution >= 0.6 is 0 Å². The van der Waals surface area contributed by atoms with E-state index < -0.39 is 0 Å². The van der Waals surface area contributed by atoms with E-state index in [0.29, 0.717) is 6.04 Å². The van der Waals surface area contributed by atoms with Crippen molar-refractivity contribution in [3.63, 3.8) is 0 Å². The normalized spacial score (nSPS) is 12.7. The van der Waals surface area contributed by atoms with E-state index in [2.05, 4.69) is 57.3 Å². The lowest BCUT2D eigenvalue weighted by Crippen LogP contribution is -2.31. The number of nitrogens with zero attached hydrogens (tertiary/aromatic N) is 2. The Morgan fingerprint density at radius 3 is 2.67 bits per heavy atom. The largest absolute Gasteiger partial charge is 0.338 e. The number of aromatic nitrogens is 2. The van der Waals surface area contributed by atoms with E-state index in [9.17, 15) is 0 Å². The van der Waals surface area contributed by atoms with Crippen molar-refractivity contribution in [3.8, 4) is 0 Å². The molecule has 1 heterocycles. The molecule has 2 aromatic carbocycles. The van der Waals surface area contributed by atoms with Crippen molar-refractivity contribution in [3.05, 3.63) is 66.2 Å². The topological polar surface area (TPSA) is 29.9 Å². The van der Waals surface area contributed by atoms with Gasteiger partial charge in [-0.3, -0.25) is 0 Å². The summed E-state index contributed by atoms with van der Waals surface area (Å²) >= 11 is 0. The van der Waals surface area contributed by atoms with Gasteiger partial charge in [0.05, 0.1) is 0 Å². The van der Waals surface area contributed by atoms with Crippen LogP contribution in [0.2, 0.25) is 0 Å². The summed E-state index contributed by atoms with van der Waals surface area (Å²) < 4.78 is 2.09. The first-order valence-corrected chi connectivity index (χ1v) is 7.38. The lowest BCUT2D eigenvalue weighted by molar-refractivity contribution is 0.535. The van der Waals surface area contributed by atoms with E-state index >= 15 is 0 Å². The van der Waals surface area contributed by atoms with Crippen molar-refractivity contribution in [1.82, 2.24) is 14.9 Å². The molecule has 3 nitrogen and oxygen atoms in total. The molecule has 1 N–H and O–H groups in total. The second-order valence-electron chi connectivity index (χ2n) is 5.49. The highest BCUT2D eigenvalue weighted by Crippen LogP contribution is 2.20. The smallest absolute Gasteiger partial charge is 0.109 e. The molecule has 1 aromatic heterocycles. The van der Waals surface area contributed by atoms with Gasteiger partial charge in [0, 0.05) is 31.9 Å². The Kier molecular flexibility index (Phi) is 4.02. The third-order valence-corrected chi connectivity index (χ3v) is 4.10. The first kappa shape index (κ1) is 13.8. The van der Waals surface area contributed by atoms with E-state index in [-0.39, 0.29) is 0 Å². The van der Waals surface area contributed by atoms with Gasteiger partial charge >= 0.3 is 0 Å². The molecule has 21 heavy (non-hydrogen) atoms. The van der Waals surface area contributed by atoms with Crippen LogP contribution in [-0.4, -0.2) is 22.6 Å². The third kappa shape index (κ3) is 2.98. The predicted octanol–water partition coefficient (Wildman–Crippen LogP) is 2.95. The second kappa shape index (κ2) is 6.10. The number of nitrogens with one attached hydrogen (secondary N) is 1. The summed E-state index contributed by atoms with van der Waals surface area (Å²) in [5.41, 5.74) is 1.39. The highest BCUT2D eigenvalue weighted by atomic mass is 15.0. The van der Waals surface area contributed by atoms with Gasteiger partial charge in [-0.15, -0.1) is 0 Å². The number of imidazole rings is 1. The molecule has 1 atom stereocenters. The minimum absolute atomic E-state index is 0.386. The Hall–Kier alpha value is -2.13. The molecular formula is C18H21N3. The molecule has 108 valence electrons. The molecular weight excluding hydrogens is 258 g/mol. The molecule has 0 aliphatic heterocycles. The summed E-state index contributed by atoms with van der Waals surface area (Å²) in [7, 11) is 4.08. The average Bonchev–Trinajstić information content (AvgIpc) is 2.92. The minimum atomic E-state index is 0.386. The summed E-state index contributed by atoms with van der Waals surface area (Å²) in [6.07, 6.45) is 5.80. The summed E-state index contributed by atoms with van der Waals surface area (Å²) in [5.74, 6) is 1.12. The van der Waals surface area contributed by atoms with Crippen LogP contribution in [-0.2, 0) is 19.9 Å². The molecule has 0 spiro atoms. The summed E-state index contributed by atoms with van der Waals surface area (Å²) in [4.78, 5) is 4.43. The number of benzene rings is 2. The fourth-order valence-corrected chi connectivity index (χ4v) is 2.83. The van der Waals surface area contributed by atoms with Gasteiger partial charge < -0.3 is 9.88 Å². The van der Waals surface area contributed by atoms with Crippen LogP contribution in [0, 0.1) is 0 Å². The third-order valence-electron chi connectivity index (χ3n) is 4.10. The van der Waals surface area contributed by atoms with Crippen LogP contribution in [0.3, 0.4) is 0 Å². The Balaban J connectivity index is 1.84. The molecule has 0 saturated heterocycles. The van der Waals surface area contributed by atoms with Crippen molar-refractivity contribution >= 4 is 10.8 Å². The molecule has 1 unspecified atom stereocenters. The Morgan fingerprint density at radius 2 is 1.90 bits per heavy atom. The summed E-state index contributed by atoms with van der Waals surface area (Å²) in [5, 5.41) is 6.08. The number of hydrogen-bond donors (Lipinski definition) is 1. The van der Waals surface area contributed by atoms with E-state index in [4.69, 9.17) is 0 Å². The van der Waals surface area contributed by atoms with Crippen LogP contribution in [0.5, 0.6) is 0 Å². The number of aryl methyl sites for hydroxylation is 1. The van der Waals surface area contributed by atoms with Crippen molar-refractivity contribution in [2.75, 3.05) is 7.05 Å². The molecule has 0 fully saturated rings. The molecule has 0 amide bonds. The number of rotatable bonds is 5. The van der Waals surface area contributed by atoms with Crippen molar-refractivity contribution in [2.24, 2.45) is 7.05 Å². The first-order valence-electron chi connectivity index (χ1n) is 7.38. The van der Waals surface area contributed by atoms with Gasteiger partial charge in [-0.1, -0.05) is 42.5 Å². The highest BCUT2D eigenvalue weighted by molar-refractivity contribution is 5.85. The average molecular weight is 279 g/mol. The Morgan fingerprint density at radius 1 is 1.10 bits per heavy atom. The van der Waals surface area contributed by atoms with Gasteiger partial charge in [0.15, 0.2) is 0 Å². The zero-order valence-corrected chi connectivity index (χ0v) is 12.6. The SMILES string of the molecule is CNC(Cc1cccc2ccccc12)Cc1nccn1C. The standard InChI is InChI=1S/C18H21N3/c1-19-16(13-18-20-10-11-21(18)2)12-15-8-5-7-14-6-3-4-9-17(14)15/h3-11,16,19H,12-13H2,1-2H3. The lowest BCUT2D eigenvalue weighted by Gasteiger charge is -2.17. The van der Waals surface area contributed by atoms with Gasteiger partial charge in [-0.05, 0) is 29.8 Å². The molecule has 3 aromatic rings. The molecule has 0 radical (unpaired) electrons. The maximum Gasteiger partial charge on any atom is 0.109 e. The van der Waals surface area contributed by atoms with Gasteiger partial charge in [0.2, 0.25) is 0 Å². The molecule has 0 aliphatic rings. The number of hydrogen-bond acceptors (Lipinski definition) is 2. The lowest BCUT2D eigenvalue weighted by atomic mass is 9.97. The quantitative estimate of drug-likeness (QED) is 0.778. The van der Waals surface area contributed by atoms with Crippen molar-refractivity contribution in [1.29, 1.82) is 0 Å². The Labute approximate surface area is 125 Å². The fraction of sp³-hybridized carbons (Fsp3) is 0.278. The van der Waals surface area contributed by atoms with E-state index in [1.807, 2.05) is 26.5 Å². The van der Waals surface area contributed by atoms with E-state index in [0.717, 1.165) is 18.7 Å². The van der Waals surface area contributed by atoms with E-state index in [1.165, 1.54) is 16.3 Å². The van der Waals surface area contributed by atoms with Crippen LogP contribution in [0.25, 0.3) is 10.8 Å². The zero-order valence-electron chi connectivity index (χ0n) is 12.6. The first-order chi connectivity index (χ1) is 10.3. The summed E-state index contributed by atoms with van der Waals surface area (Å²) in [6.45, 7) is 0. The van der Waals surface area contributed by atoms with Crippen LogP contribution in [0.4, 0.5) is 0 Å². The summed E-state index contributed by atoms with van der Waals surface area (Å²) in [6, 6.07) is 15.5. The maximum atomic E-state index is 4.43. The predicted molar refractivity (Wildman–Crippen MR) is 87.4 cm³/mol. The second-order valence-corrected chi connectivity index (χ2v) is 5.49. The van der Waals surface area contributed by atoms with Crippen LogP contribution < -0.4 is 5.32 Å². The van der Waals surface area contributed by atoms with Gasteiger partial charge in [-0.25, -0.2) is 4.98 Å². The maximum absolute atomic E-state index is 4.43. The van der Waals surface area contributed by atoms with Crippen molar-refractivity contribution in [2.45, 2.75) is 18.9 Å². The Bertz CT molecular complexity index is 725. The van der Waals surface area contributed by atoms with Gasteiger partial charge in [0.25, 0.3) is 0 Å². The monoisotopic (exact) mass is 279 g/mol. The molecule has 3 rings (SSSR count). The number of likely N-dealkylation sites (N-methyl/N-ethyl adjacent to an activating group) is 1. The molecule has 0 saturated carbocycles. The van der Waals surface area contributed by atoms with Crippen LogP contribution in [0.15, 0.2) is 54.9 Å².